The fraction of sp³-hybridized carbons (Fsp3) is 0.412. The number of carbonyl (C=O) groups is 1. The fourth-order valence-electron chi connectivity index (χ4n) is 2.62. The smallest absolute Gasteiger partial charge is 0.255 e. The van der Waals surface area contributed by atoms with Gasteiger partial charge in [0.05, 0.1) is 24.5 Å². The quantitative estimate of drug-likeness (QED) is 0.921. The number of amides is 1. The Bertz CT molecular complexity index is 645. The summed E-state index contributed by atoms with van der Waals surface area (Å²) in [6, 6.07) is 7.44. The van der Waals surface area contributed by atoms with Gasteiger partial charge < -0.3 is 14.8 Å². The molecule has 0 saturated carbocycles. The van der Waals surface area contributed by atoms with Crippen molar-refractivity contribution in [3.63, 3.8) is 0 Å². The Morgan fingerprint density at radius 2 is 2.09 bits per heavy atom. The zero-order chi connectivity index (χ0) is 16.1. The first-order chi connectivity index (χ1) is 11.3. The lowest BCUT2D eigenvalue weighted by Gasteiger charge is -2.22. The van der Waals surface area contributed by atoms with E-state index in [1.807, 2.05) is 17.8 Å². The summed E-state index contributed by atoms with van der Waals surface area (Å²) < 4.78 is 12.6. The molecule has 1 N–H and O–H groups in total. The van der Waals surface area contributed by atoms with Crippen molar-refractivity contribution in [1.82, 2.24) is 9.78 Å². The third-order valence-corrected chi connectivity index (χ3v) is 3.85. The molecular formula is C17H21N3O3. The van der Waals surface area contributed by atoms with E-state index in [1.54, 1.807) is 30.5 Å². The molecule has 1 amide bonds. The van der Waals surface area contributed by atoms with Crippen LogP contribution in [0.4, 0.5) is 5.69 Å². The Morgan fingerprint density at radius 3 is 2.78 bits per heavy atom. The number of hydrogen-bond acceptors (Lipinski definition) is 4. The summed E-state index contributed by atoms with van der Waals surface area (Å²) in [6.07, 6.45) is 5.46. The van der Waals surface area contributed by atoms with Crippen molar-refractivity contribution in [3.8, 4) is 5.75 Å². The fourth-order valence-corrected chi connectivity index (χ4v) is 2.62. The Balaban J connectivity index is 1.62. The van der Waals surface area contributed by atoms with Crippen molar-refractivity contribution in [2.45, 2.75) is 25.8 Å². The number of aromatic nitrogens is 2. The predicted octanol–water partition coefficient (Wildman–Crippen LogP) is 2.89. The topological polar surface area (TPSA) is 65.4 Å². The van der Waals surface area contributed by atoms with Crippen LogP contribution in [0.2, 0.25) is 0 Å². The van der Waals surface area contributed by atoms with E-state index in [2.05, 4.69) is 10.4 Å². The van der Waals surface area contributed by atoms with Gasteiger partial charge in [-0.1, -0.05) is 0 Å². The molecule has 23 heavy (non-hydrogen) atoms. The van der Waals surface area contributed by atoms with Gasteiger partial charge in [-0.25, -0.2) is 0 Å². The number of nitrogens with zero attached hydrogens (tertiary/aromatic N) is 2. The van der Waals surface area contributed by atoms with E-state index in [0.717, 1.165) is 31.8 Å². The summed E-state index contributed by atoms with van der Waals surface area (Å²) in [7, 11) is 0. The lowest BCUT2D eigenvalue weighted by Crippen LogP contribution is -2.19. The van der Waals surface area contributed by atoms with E-state index in [9.17, 15) is 4.79 Å². The van der Waals surface area contributed by atoms with E-state index in [1.165, 1.54) is 0 Å². The van der Waals surface area contributed by atoms with Crippen LogP contribution in [0, 0.1) is 0 Å². The van der Waals surface area contributed by atoms with Crippen LogP contribution in [0.25, 0.3) is 0 Å². The predicted molar refractivity (Wildman–Crippen MR) is 86.9 cm³/mol. The second kappa shape index (κ2) is 7.28. The molecule has 0 bridgehead atoms. The summed E-state index contributed by atoms with van der Waals surface area (Å²) in [5.74, 6) is 0.607. The maximum Gasteiger partial charge on any atom is 0.255 e. The molecule has 0 spiro atoms. The molecule has 6 heteroatoms. The molecule has 1 aromatic heterocycles. The molecule has 1 saturated heterocycles. The highest BCUT2D eigenvalue weighted by molar-refractivity contribution is 6.04. The minimum atomic E-state index is -0.153. The largest absolute Gasteiger partial charge is 0.494 e. The molecule has 3 rings (SSSR count). The van der Waals surface area contributed by atoms with Gasteiger partial charge in [-0.15, -0.1) is 0 Å². The van der Waals surface area contributed by atoms with Gasteiger partial charge in [0.25, 0.3) is 5.91 Å². The van der Waals surface area contributed by atoms with Gasteiger partial charge in [-0.05, 0) is 44.0 Å². The molecule has 1 fully saturated rings. The van der Waals surface area contributed by atoms with Crippen molar-refractivity contribution < 1.29 is 14.3 Å². The first kappa shape index (κ1) is 15.6. The minimum Gasteiger partial charge on any atom is -0.494 e. The average molecular weight is 315 g/mol. The normalized spacial score (nSPS) is 15.3. The van der Waals surface area contributed by atoms with Crippen molar-refractivity contribution in [1.29, 1.82) is 0 Å². The highest BCUT2D eigenvalue weighted by Crippen LogP contribution is 2.21. The van der Waals surface area contributed by atoms with Gasteiger partial charge >= 0.3 is 0 Å². The van der Waals surface area contributed by atoms with Crippen LogP contribution in [-0.4, -0.2) is 35.5 Å². The molecule has 0 atom stereocenters. The van der Waals surface area contributed by atoms with Crippen molar-refractivity contribution in [2.75, 3.05) is 25.1 Å². The summed E-state index contributed by atoms with van der Waals surface area (Å²) in [4.78, 5) is 12.3. The highest BCUT2D eigenvalue weighted by Gasteiger charge is 2.17. The first-order valence-electron chi connectivity index (χ1n) is 7.92. The van der Waals surface area contributed by atoms with Crippen molar-refractivity contribution in [3.05, 3.63) is 42.2 Å². The van der Waals surface area contributed by atoms with E-state index < -0.39 is 0 Å². The van der Waals surface area contributed by atoms with E-state index >= 15 is 0 Å². The zero-order valence-corrected chi connectivity index (χ0v) is 13.2. The van der Waals surface area contributed by atoms with Gasteiger partial charge in [0, 0.05) is 25.0 Å². The van der Waals surface area contributed by atoms with E-state index in [0.29, 0.717) is 23.9 Å². The molecule has 2 heterocycles. The Hall–Kier alpha value is -2.34. The monoisotopic (exact) mass is 315 g/mol. The van der Waals surface area contributed by atoms with E-state index in [4.69, 9.17) is 9.47 Å². The lowest BCUT2D eigenvalue weighted by atomic mass is 10.1. The third-order valence-electron chi connectivity index (χ3n) is 3.85. The minimum absolute atomic E-state index is 0.153. The Morgan fingerprint density at radius 1 is 1.35 bits per heavy atom. The third kappa shape index (κ3) is 3.90. The van der Waals surface area contributed by atoms with Crippen LogP contribution in [0.1, 0.15) is 36.2 Å². The maximum atomic E-state index is 12.3. The number of benzene rings is 1. The van der Waals surface area contributed by atoms with Crippen LogP contribution in [0.5, 0.6) is 5.75 Å². The summed E-state index contributed by atoms with van der Waals surface area (Å²) in [6.45, 7) is 4.06. The van der Waals surface area contributed by atoms with Gasteiger partial charge in [-0.3, -0.25) is 9.48 Å². The molecule has 1 aliphatic rings. The second-order valence-electron chi connectivity index (χ2n) is 5.46. The summed E-state index contributed by atoms with van der Waals surface area (Å²) in [5, 5.41) is 7.23. The van der Waals surface area contributed by atoms with Crippen LogP contribution >= 0.6 is 0 Å². The lowest BCUT2D eigenvalue weighted by molar-refractivity contribution is 0.0662. The van der Waals surface area contributed by atoms with Crippen LogP contribution < -0.4 is 10.1 Å². The number of anilines is 1. The molecule has 0 radical (unpaired) electrons. The molecule has 1 aromatic carbocycles. The van der Waals surface area contributed by atoms with Crippen molar-refractivity contribution >= 4 is 11.6 Å². The molecule has 6 nitrogen and oxygen atoms in total. The van der Waals surface area contributed by atoms with Crippen molar-refractivity contribution in [2.24, 2.45) is 0 Å². The van der Waals surface area contributed by atoms with Crippen LogP contribution in [0.15, 0.2) is 36.7 Å². The molecule has 1 aliphatic heterocycles. The first-order valence-corrected chi connectivity index (χ1v) is 7.92. The van der Waals surface area contributed by atoms with Gasteiger partial charge in [0.2, 0.25) is 0 Å². The summed E-state index contributed by atoms with van der Waals surface area (Å²) >= 11 is 0. The van der Waals surface area contributed by atoms with Crippen LogP contribution in [0.3, 0.4) is 0 Å². The van der Waals surface area contributed by atoms with Crippen LogP contribution in [-0.2, 0) is 4.74 Å². The number of nitrogens with one attached hydrogen (secondary N) is 1. The molecule has 122 valence electrons. The number of carbonyl (C=O) groups excluding carboxylic acids is 1. The average Bonchev–Trinajstić information content (AvgIpc) is 3.05. The number of rotatable bonds is 5. The van der Waals surface area contributed by atoms with E-state index in [-0.39, 0.29) is 5.91 Å². The highest BCUT2D eigenvalue weighted by atomic mass is 16.5. The molecule has 2 aromatic rings. The SMILES string of the molecule is CCOc1ccc(C(=O)Nc2cnn(C3CCOCC3)c2)cc1. The number of ether oxygens (including phenoxy) is 2. The molecule has 0 aliphatic carbocycles. The van der Waals surface area contributed by atoms with Gasteiger partial charge in [-0.2, -0.15) is 5.10 Å². The Kier molecular flexibility index (Phi) is 4.92. The maximum absolute atomic E-state index is 12.3. The molecule has 0 unspecified atom stereocenters. The Labute approximate surface area is 135 Å². The zero-order valence-electron chi connectivity index (χ0n) is 13.2. The summed E-state index contributed by atoms with van der Waals surface area (Å²) in [5.41, 5.74) is 1.29. The van der Waals surface area contributed by atoms with Gasteiger partial charge in [0.1, 0.15) is 5.75 Å². The second-order valence-corrected chi connectivity index (χ2v) is 5.46. The molecular weight excluding hydrogens is 294 g/mol. The number of hydrogen-bond donors (Lipinski definition) is 1. The van der Waals surface area contributed by atoms with Gasteiger partial charge in [0.15, 0.2) is 0 Å². The standard InChI is InChI=1S/C17H21N3O3/c1-2-23-16-5-3-13(4-6-16)17(21)19-14-11-18-20(12-14)15-7-9-22-10-8-15/h3-6,11-12,15H,2,7-10H2,1H3,(H,19,21).